The van der Waals surface area contributed by atoms with E-state index < -0.39 is 11.9 Å². The van der Waals surface area contributed by atoms with Crippen molar-refractivity contribution in [1.82, 2.24) is 9.97 Å². The molecule has 1 fully saturated rings. The van der Waals surface area contributed by atoms with Crippen LogP contribution in [-0.4, -0.2) is 22.6 Å². The van der Waals surface area contributed by atoms with Crippen molar-refractivity contribution < 1.29 is 13.2 Å². The number of hydrogen-bond acceptors (Lipinski definition) is 4. The third-order valence-corrected chi connectivity index (χ3v) is 3.27. The van der Waals surface area contributed by atoms with Crippen molar-refractivity contribution >= 4 is 11.8 Å². The fourth-order valence-corrected chi connectivity index (χ4v) is 2.21. The van der Waals surface area contributed by atoms with Crippen LogP contribution in [0.5, 0.6) is 0 Å². The highest BCUT2D eigenvalue weighted by molar-refractivity contribution is 5.45. The summed E-state index contributed by atoms with van der Waals surface area (Å²) in [5.74, 6) is 0.802. The van der Waals surface area contributed by atoms with Gasteiger partial charge in [0.15, 0.2) is 5.69 Å². The minimum Gasteiger partial charge on any atom is -0.367 e. The largest absolute Gasteiger partial charge is 0.433 e. The van der Waals surface area contributed by atoms with E-state index in [0.717, 1.165) is 25.3 Å². The first-order chi connectivity index (χ1) is 9.44. The lowest BCUT2D eigenvalue weighted by Gasteiger charge is -2.12. The van der Waals surface area contributed by atoms with Crippen LogP contribution in [0.25, 0.3) is 0 Å². The maximum atomic E-state index is 12.8. The second-order valence-corrected chi connectivity index (χ2v) is 5.03. The van der Waals surface area contributed by atoms with Crippen LogP contribution in [-0.2, 0) is 6.18 Å². The van der Waals surface area contributed by atoms with Crippen molar-refractivity contribution in [3.8, 4) is 0 Å². The summed E-state index contributed by atoms with van der Waals surface area (Å²) in [6.07, 6.45) is -1.29. The fraction of sp³-hybridized carbons (Fsp3) is 0.692. The summed E-state index contributed by atoms with van der Waals surface area (Å²) in [6.45, 7) is 4.36. The number of rotatable bonds is 6. The summed E-state index contributed by atoms with van der Waals surface area (Å²) in [5.41, 5.74) is -0.918. The Balaban J connectivity index is 2.13. The summed E-state index contributed by atoms with van der Waals surface area (Å²) in [4.78, 5) is 7.57. The molecule has 2 N–H and O–H groups in total. The number of anilines is 2. The van der Waals surface area contributed by atoms with Gasteiger partial charge in [0.2, 0.25) is 5.95 Å². The molecule has 0 aromatic carbocycles. The van der Waals surface area contributed by atoms with Crippen molar-refractivity contribution in [2.75, 3.05) is 17.2 Å². The van der Waals surface area contributed by atoms with E-state index in [2.05, 4.69) is 27.5 Å². The molecule has 0 amide bonds. The Labute approximate surface area is 116 Å². The van der Waals surface area contributed by atoms with Gasteiger partial charge < -0.3 is 10.6 Å². The number of nitrogens with zero attached hydrogens (tertiary/aromatic N) is 2. The summed E-state index contributed by atoms with van der Waals surface area (Å²) < 4.78 is 38.4. The molecule has 0 bridgehead atoms. The van der Waals surface area contributed by atoms with E-state index in [9.17, 15) is 13.2 Å². The molecule has 112 valence electrons. The van der Waals surface area contributed by atoms with E-state index in [4.69, 9.17) is 0 Å². The average molecular weight is 288 g/mol. The summed E-state index contributed by atoms with van der Waals surface area (Å²) in [5, 5.41) is 5.80. The van der Waals surface area contributed by atoms with Crippen molar-refractivity contribution in [2.45, 2.75) is 45.3 Å². The van der Waals surface area contributed by atoms with Crippen LogP contribution in [0, 0.1) is 5.92 Å². The summed E-state index contributed by atoms with van der Waals surface area (Å²) >= 11 is 0. The molecular formula is C13H19F3N4. The Hall–Kier alpha value is -1.53. The van der Waals surface area contributed by atoms with E-state index in [0.29, 0.717) is 12.5 Å². The molecule has 0 spiro atoms. The second kappa shape index (κ2) is 5.85. The first-order valence-corrected chi connectivity index (χ1v) is 6.90. The van der Waals surface area contributed by atoms with Gasteiger partial charge in [0, 0.05) is 18.7 Å². The summed E-state index contributed by atoms with van der Waals surface area (Å²) in [7, 11) is 0. The second-order valence-electron chi connectivity index (χ2n) is 5.03. The quantitative estimate of drug-likeness (QED) is 0.841. The molecule has 1 saturated carbocycles. The standard InChI is InChI=1S/C13H19F3N4/c1-3-5-8-6-9(8)18-11-7-10(13(14,15)16)19-12(20-11)17-4-2/h7-9H,3-6H2,1-2H3,(H2,17,18,19,20). The SMILES string of the molecule is CCCC1CC1Nc1cc(C(F)(F)F)nc(NCC)n1. The highest BCUT2D eigenvalue weighted by Crippen LogP contribution is 2.37. The minimum absolute atomic E-state index is 0.0116. The number of aromatic nitrogens is 2. The van der Waals surface area contributed by atoms with Gasteiger partial charge in [-0.2, -0.15) is 18.2 Å². The van der Waals surface area contributed by atoms with Crippen molar-refractivity contribution in [3.05, 3.63) is 11.8 Å². The lowest BCUT2D eigenvalue weighted by molar-refractivity contribution is -0.141. The zero-order valence-electron chi connectivity index (χ0n) is 11.6. The van der Waals surface area contributed by atoms with Gasteiger partial charge in [-0.3, -0.25) is 0 Å². The first kappa shape index (κ1) is 14.9. The van der Waals surface area contributed by atoms with E-state index in [-0.39, 0.29) is 17.8 Å². The fourth-order valence-electron chi connectivity index (χ4n) is 2.21. The van der Waals surface area contributed by atoms with E-state index in [1.807, 2.05) is 0 Å². The lowest BCUT2D eigenvalue weighted by Crippen LogP contribution is -2.15. The third kappa shape index (κ3) is 3.74. The normalized spacial score (nSPS) is 21.6. The Morgan fingerprint density at radius 1 is 1.30 bits per heavy atom. The molecule has 1 heterocycles. The molecule has 1 aliphatic carbocycles. The van der Waals surface area contributed by atoms with Gasteiger partial charge in [0.1, 0.15) is 5.82 Å². The van der Waals surface area contributed by atoms with E-state index >= 15 is 0 Å². The molecule has 2 unspecified atom stereocenters. The zero-order chi connectivity index (χ0) is 14.8. The maximum absolute atomic E-state index is 12.8. The smallest absolute Gasteiger partial charge is 0.367 e. The minimum atomic E-state index is -4.46. The highest BCUT2D eigenvalue weighted by atomic mass is 19.4. The molecule has 1 aromatic heterocycles. The Morgan fingerprint density at radius 3 is 2.65 bits per heavy atom. The molecule has 1 aliphatic rings. The van der Waals surface area contributed by atoms with Gasteiger partial charge >= 0.3 is 6.18 Å². The highest BCUT2D eigenvalue weighted by Gasteiger charge is 2.38. The average Bonchev–Trinajstić information content (AvgIpc) is 3.06. The zero-order valence-corrected chi connectivity index (χ0v) is 11.6. The summed E-state index contributed by atoms with van der Waals surface area (Å²) in [6, 6.07) is 1.21. The van der Waals surface area contributed by atoms with Crippen LogP contribution in [0.15, 0.2) is 6.07 Å². The number of alkyl halides is 3. The van der Waals surface area contributed by atoms with Crippen LogP contribution < -0.4 is 10.6 Å². The molecule has 20 heavy (non-hydrogen) atoms. The van der Waals surface area contributed by atoms with Gasteiger partial charge in [0.25, 0.3) is 0 Å². The van der Waals surface area contributed by atoms with E-state index in [1.54, 1.807) is 6.92 Å². The van der Waals surface area contributed by atoms with Crippen LogP contribution in [0.4, 0.5) is 24.9 Å². The number of hydrogen-bond donors (Lipinski definition) is 2. The van der Waals surface area contributed by atoms with Gasteiger partial charge in [-0.25, -0.2) is 4.98 Å². The Morgan fingerprint density at radius 2 is 2.05 bits per heavy atom. The van der Waals surface area contributed by atoms with Crippen molar-refractivity contribution in [3.63, 3.8) is 0 Å². The lowest BCUT2D eigenvalue weighted by atomic mass is 10.2. The number of halogens is 3. The molecule has 1 aromatic rings. The molecule has 0 aliphatic heterocycles. The molecule has 0 saturated heterocycles. The Bertz CT molecular complexity index is 461. The van der Waals surface area contributed by atoms with Gasteiger partial charge in [0.05, 0.1) is 0 Å². The molecular weight excluding hydrogens is 269 g/mol. The first-order valence-electron chi connectivity index (χ1n) is 6.90. The molecule has 0 radical (unpaired) electrons. The topological polar surface area (TPSA) is 49.8 Å². The van der Waals surface area contributed by atoms with E-state index in [1.165, 1.54) is 0 Å². The molecule has 4 nitrogen and oxygen atoms in total. The van der Waals surface area contributed by atoms with Gasteiger partial charge in [-0.15, -0.1) is 0 Å². The van der Waals surface area contributed by atoms with Gasteiger partial charge in [-0.05, 0) is 25.7 Å². The molecule has 2 atom stereocenters. The van der Waals surface area contributed by atoms with Gasteiger partial charge in [-0.1, -0.05) is 13.3 Å². The molecule has 7 heteroatoms. The Kier molecular flexibility index (Phi) is 4.35. The van der Waals surface area contributed by atoms with Crippen LogP contribution in [0.2, 0.25) is 0 Å². The van der Waals surface area contributed by atoms with Crippen LogP contribution >= 0.6 is 0 Å². The van der Waals surface area contributed by atoms with Crippen LogP contribution in [0.1, 0.15) is 38.8 Å². The van der Waals surface area contributed by atoms with Crippen molar-refractivity contribution in [1.29, 1.82) is 0 Å². The van der Waals surface area contributed by atoms with Crippen molar-refractivity contribution in [2.24, 2.45) is 5.92 Å². The van der Waals surface area contributed by atoms with Crippen LogP contribution in [0.3, 0.4) is 0 Å². The monoisotopic (exact) mass is 288 g/mol. The third-order valence-electron chi connectivity index (χ3n) is 3.27. The predicted molar refractivity (Wildman–Crippen MR) is 71.6 cm³/mol. The predicted octanol–water partition coefficient (Wildman–Crippen LogP) is 3.53. The molecule has 2 rings (SSSR count). The maximum Gasteiger partial charge on any atom is 0.433 e. The number of nitrogens with one attached hydrogen (secondary N) is 2.